The fraction of sp³-hybridized carbons (Fsp3) is 0.857. The molecule has 0 atom stereocenters. The Balaban J connectivity index is 4.01. The molecule has 0 heterocycles. The van der Waals surface area contributed by atoms with E-state index in [0.717, 1.165) is 0 Å². The Morgan fingerprint density at radius 1 is 1.33 bits per heavy atom. The van der Waals surface area contributed by atoms with E-state index in [9.17, 15) is 9.00 Å². The van der Waals surface area contributed by atoms with E-state index in [1.165, 1.54) is 12.5 Å². The van der Waals surface area contributed by atoms with E-state index >= 15 is 0 Å². The Hall–Kier alpha value is -0.580. The van der Waals surface area contributed by atoms with Crippen molar-refractivity contribution in [1.29, 1.82) is 0 Å². The Morgan fingerprint density at radius 3 is 2.00 bits per heavy atom. The molecule has 74 valence electrons. The third-order valence-electron chi connectivity index (χ3n) is 0.759. The molecule has 0 aromatic heterocycles. The molecular formula is C7H17NO3S. The molecule has 4 nitrogen and oxygen atoms in total. The van der Waals surface area contributed by atoms with Crippen molar-refractivity contribution in [1.82, 2.24) is 4.72 Å². The van der Waals surface area contributed by atoms with Crippen LogP contribution in [0.15, 0.2) is 0 Å². The van der Waals surface area contributed by atoms with Crippen LogP contribution in [-0.2, 0) is 14.9 Å². The van der Waals surface area contributed by atoms with Gasteiger partial charge in [-0.25, -0.2) is 4.79 Å². The van der Waals surface area contributed by atoms with Crippen LogP contribution in [0.25, 0.3) is 0 Å². The highest BCUT2D eigenvalue weighted by atomic mass is 32.3. The molecule has 0 aliphatic heterocycles. The predicted octanol–water partition coefficient (Wildman–Crippen LogP) is 0.702. The number of ether oxygens (including phenoxy) is 1. The molecule has 1 N–H and O–H groups in total. The van der Waals surface area contributed by atoms with E-state index < -0.39 is 21.8 Å². The van der Waals surface area contributed by atoms with Crippen molar-refractivity contribution >= 4 is 16.2 Å². The monoisotopic (exact) mass is 195 g/mol. The largest absolute Gasteiger partial charge is 0.443 e. The van der Waals surface area contributed by atoms with Gasteiger partial charge in [0.2, 0.25) is 0 Å². The summed E-state index contributed by atoms with van der Waals surface area (Å²) in [6.07, 6.45) is 2.31. The van der Waals surface area contributed by atoms with Gasteiger partial charge in [-0.3, -0.25) is 8.93 Å². The highest BCUT2D eigenvalue weighted by molar-refractivity contribution is 8.00. The second kappa shape index (κ2) is 3.43. The molecule has 0 bridgehead atoms. The number of rotatable bonds is 1. The topological polar surface area (TPSA) is 55.4 Å². The van der Waals surface area contributed by atoms with Crippen LogP contribution in [0.4, 0.5) is 4.79 Å². The van der Waals surface area contributed by atoms with Crippen LogP contribution in [0.2, 0.25) is 0 Å². The van der Waals surface area contributed by atoms with E-state index in [-0.39, 0.29) is 0 Å². The fourth-order valence-electron chi connectivity index (χ4n) is 0.521. The van der Waals surface area contributed by atoms with Crippen molar-refractivity contribution in [2.75, 3.05) is 12.5 Å². The van der Waals surface area contributed by atoms with Crippen LogP contribution in [0, 0.1) is 0 Å². The number of hydrogen-bond donors (Lipinski definition) is 2. The average Bonchev–Trinajstić information content (AvgIpc) is 1.49. The molecule has 0 aliphatic carbocycles. The summed E-state index contributed by atoms with van der Waals surface area (Å²) in [5.41, 5.74) is -0.542. The number of nitrogens with one attached hydrogen (secondary N) is 1. The highest BCUT2D eigenvalue weighted by Crippen LogP contribution is 2.06. The molecule has 0 fully saturated rings. The quantitative estimate of drug-likeness (QED) is 0.606. The van der Waals surface area contributed by atoms with Crippen LogP contribution in [0.3, 0.4) is 0 Å². The zero-order valence-electron chi connectivity index (χ0n) is 8.17. The van der Waals surface area contributed by atoms with Crippen molar-refractivity contribution in [3.63, 3.8) is 0 Å². The minimum absolute atomic E-state index is 0.542. The maximum atomic E-state index is 11.1. The highest BCUT2D eigenvalue weighted by Gasteiger charge is 2.17. The predicted molar refractivity (Wildman–Crippen MR) is 50.8 cm³/mol. The van der Waals surface area contributed by atoms with E-state index in [0.29, 0.717) is 0 Å². The Bertz CT molecular complexity index is 213. The van der Waals surface area contributed by atoms with E-state index in [1.807, 2.05) is 0 Å². The summed E-state index contributed by atoms with van der Waals surface area (Å²) >= 11 is 0. The summed E-state index contributed by atoms with van der Waals surface area (Å²) in [7, 11) is -2.53. The van der Waals surface area contributed by atoms with E-state index in [4.69, 9.17) is 4.74 Å². The van der Waals surface area contributed by atoms with Crippen LogP contribution < -0.4 is 4.72 Å². The zero-order chi connectivity index (χ0) is 9.99. The Morgan fingerprint density at radius 2 is 1.75 bits per heavy atom. The van der Waals surface area contributed by atoms with Gasteiger partial charge in [0.15, 0.2) is 0 Å². The molecule has 0 radical (unpaired) electrons. The zero-order valence-corrected chi connectivity index (χ0v) is 9.07. The molecule has 0 saturated heterocycles. The maximum Gasteiger partial charge on any atom is 0.418 e. The van der Waals surface area contributed by atoms with Gasteiger partial charge in [-0.05, 0) is 30.9 Å². The maximum absolute atomic E-state index is 11.1. The summed E-state index contributed by atoms with van der Waals surface area (Å²) in [6.45, 7) is 5.26. The van der Waals surface area contributed by atoms with Gasteiger partial charge in [-0.1, -0.05) is 0 Å². The third kappa shape index (κ3) is 7.53. The van der Waals surface area contributed by atoms with E-state index in [1.54, 1.807) is 20.8 Å². The molecule has 0 aliphatic rings. The molecule has 5 heteroatoms. The molecule has 12 heavy (non-hydrogen) atoms. The van der Waals surface area contributed by atoms with Gasteiger partial charge < -0.3 is 4.74 Å². The lowest BCUT2D eigenvalue weighted by Crippen LogP contribution is -2.38. The lowest BCUT2D eigenvalue weighted by atomic mass is 10.2. The molecular weight excluding hydrogens is 178 g/mol. The minimum Gasteiger partial charge on any atom is -0.443 e. The minimum atomic E-state index is -2.53. The third-order valence-corrected chi connectivity index (χ3v) is 1.48. The van der Waals surface area contributed by atoms with Gasteiger partial charge in [0, 0.05) is 12.5 Å². The van der Waals surface area contributed by atoms with E-state index in [2.05, 4.69) is 4.72 Å². The number of thiol groups is 1. The van der Waals surface area contributed by atoms with Crippen LogP contribution in [-0.4, -0.2) is 28.4 Å². The molecule has 0 saturated carbocycles. The molecule has 0 rings (SSSR count). The van der Waals surface area contributed by atoms with Crippen molar-refractivity contribution in [3.8, 4) is 0 Å². The fourth-order valence-corrected chi connectivity index (χ4v) is 1.01. The SMILES string of the molecule is CC(C)(C)OC(=O)N[SH](C)(C)=O. The first-order valence-corrected chi connectivity index (χ1v) is 6.26. The smallest absolute Gasteiger partial charge is 0.418 e. The molecule has 0 unspecified atom stereocenters. The summed E-state index contributed by atoms with van der Waals surface area (Å²) in [6, 6.07) is 0. The van der Waals surface area contributed by atoms with Crippen molar-refractivity contribution in [2.45, 2.75) is 26.4 Å². The molecule has 0 aromatic rings. The average molecular weight is 195 g/mol. The Labute approximate surface area is 74.2 Å². The van der Waals surface area contributed by atoms with Crippen LogP contribution >= 0.6 is 0 Å². The van der Waals surface area contributed by atoms with Crippen LogP contribution in [0.1, 0.15) is 20.8 Å². The van der Waals surface area contributed by atoms with Gasteiger partial charge in [-0.2, -0.15) is 0 Å². The lowest BCUT2D eigenvalue weighted by molar-refractivity contribution is 0.0571. The number of carbonyl (C=O) groups excluding carboxylic acids is 1. The van der Waals surface area contributed by atoms with Crippen molar-refractivity contribution in [2.24, 2.45) is 0 Å². The number of hydrogen-bond acceptors (Lipinski definition) is 3. The van der Waals surface area contributed by atoms with Gasteiger partial charge in [0.1, 0.15) is 5.60 Å². The van der Waals surface area contributed by atoms with Gasteiger partial charge in [-0.15, -0.1) is 0 Å². The van der Waals surface area contributed by atoms with Crippen molar-refractivity contribution < 1.29 is 13.7 Å². The standard InChI is InChI=1S/C7H17NO3S/c1-7(2,3)11-6(9)8-12(4,5)10/h12H,1-5H3,(H,8,9,10). The number of amides is 1. The summed E-state index contributed by atoms with van der Waals surface area (Å²) in [5.74, 6) is 0. The first-order chi connectivity index (χ1) is 5.10. The summed E-state index contributed by atoms with van der Waals surface area (Å²) in [4.78, 5) is 11.0. The summed E-state index contributed by atoms with van der Waals surface area (Å²) < 4.78 is 18.3. The second-order valence-electron chi connectivity index (χ2n) is 3.96. The lowest BCUT2D eigenvalue weighted by Gasteiger charge is -2.22. The van der Waals surface area contributed by atoms with Gasteiger partial charge >= 0.3 is 6.09 Å². The Kier molecular flexibility index (Phi) is 3.26. The number of carbonyl (C=O) groups is 1. The molecule has 1 amide bonds. The normalized spacial score (nSPS) is 13.8. The van der Waals surface area contributed by atoms with Gasteiger partial charge in [0.25, 0.3) is 0 Å². The second-order valence-corrected chi connectivity index (χ2v) is 6.89. The molecule has 0 spiro atoms. The van der Waals surface area contributed by atoms with Crippen LogP contribution in [0.5, 0.6) is 0 Å². The first kappa shape index (κ1) is 11.4. The van der Waals surface area contributed by atoms with Crippen molar-refractivity contribution in [3.05, 3.63) is 0 Å². The molecule has 0 aromatic carbocycles. The summed E-state index contributed by atoms with van der Waals surface area (Å²) in [5, 5.41) is 0. The van der Waals surface area contributed by atoms with Gasteiger partial charge in [0.05, 0.1) is 0 Å². The first-order valence-electron chi connectivity index (χ1n) is 3.66.